The van der Waals surface area contributed by atoms with Crippen molar-refractivity contribution >= 4 is 0 Å². The van der Waals surface area contributed by atoms with Gasteiger partial charge in [0, 0.05) is 6.54 Å². The van der Waals surface area contributed by atoms with Gasteiger partial charge < -0.3 is 4.74 Å². The number of rotatable bonds is 0. The molecular formula is C22H35NO. The third-order valence-electron chi connectivity index (χ3n) is 9.36. The van der Waals surface area contributed by atoms with Gasteiger partial charge in [-0.05, 0) is 118 Å². The van der Waals surface area contributed by atoms with Crippen molar-refractivity contribution in [2.24, 2.45) is 47.3 Å². The van der Waals surface area contributed by atoms with Crippen LogP contribution in [0.25, 0.3) is 0 Å². The molecule has 0 radical (unpaired) electrons. The second kappa shape index (κ2) is 5.46. The fourth-order valence-electron chi connectivity index (χ4n) is 8.97. The summed E-state index contributed by atoms with van der Waals surface area (Å²) < 4.78 is 6.11. The Hall–Kier alpha value is -0.0800. The molecule has 1 heterocycles. The van der Waals surface area contributed by atoms with E-state index in [1.807, 2.05) is 0 Å². The molecule has 134 valence electrons. The van der Waals surface area contributed by atoms with E-state index in [0.717, 1.165) is 36.9 Å². The van der Waals surface area contributed by atoms with Crippen LogP contribution in [-0.4, -0.2) is 18.9 Å². The number of hydrogen-bond donors (Lipinski definition) is 1. The summed E-state index contributed by atoms with van der Waals surface area (Å²) in [7, 11) is 0. The van der Waals surface area contributed by atoms with Crippen molar-refractivity contribution in [2.75, 3.05) is 13.3 Å². The van der Waals surface area contributed by atoms with Crippen molar-refractivity contribution in [3.05, 3.63) is 0 Å². The molecule has 1 spiro atoms. The summed E-state index contributed by atoms with van der Waals surface area (Å²) in [5.41, 5.74) is 0.285. The van der Waals surface area contributed by atoms with Crippen LogP contribution in [0.4, 0.5) is 0 Å². The maximum Gasteiger partial charge on any atom is 0.0974 e. The first-order valence-electron chi connectivity index (χ1n) is 11.1. The summed E-state index contributed by atoms with van der Waals surface area (Å²) in [4.78, 5) is 0. The highest BCUT2D eigenvalue weighted by Gasteiger charge is 2.59. The number of hydrogen-bond acceptors (Lipinski definition) is 2. The highest BCUT2D eigenvalue weighted by atomic mass is 16.5. The average molecular weight is 330 g/mol. The van der Waals surface area contributed by atoms with Crippen LogP contribution in [0.3, 0.4) is 0 Å². The Bertz CT molecular complexity index is 408. The van der Waals surface area contributed by atoms with Crippen molar-refractivity contribution in [3.63, 3.8) is 0 Å². The normalized spacial score (nSPS) is 59.0. The molecule has 2 heteroatoms. The lowest BCUT2D eigenvalue weighted by Crippen LogP contribution is -2.59. The molecule has 1 saturated heterocycles. The Kier molecular flexibility index (Phi) is 3.42. The van der Waals surface area contributed by atoms with Crippen LogP contribution >= 0.6 is 0 Å². The van der Waals surface area contributed by atoms with Crippen LogP contribution in [0.1, 0.15) is 70.6 Å². The zero-order valence-electron chi connectivity index (χ0n) is 15.2. The van der Waals surface area contributed by atoms with E-state index in [2.05, 4.69) is 5.32 Å². The Morgan fingerprint density at radius 2 is 0.917 bits per heavy atom. The lowest BCUT2D eigenvalue weighted by molar-refractivity contribution is -0.173. The summed E-state index contributed by atoms with van der Waals surface area (Å²) in [5.74, 6) is 8.63. The maximum atomic E-state index is 6.11. The summed E-state index contributed by atoms with van der Waals surface area (Å²) >= 11 is 0. The highest BCUT2D eigenvalue weighted by molar-refractivity contribution is 5.10. The molecule has 0 aromatic heterocycles. The smallest absolute Gasteiger partial charge is 0.0974 e. The van der Waals surface area contributed by atoms with Gasteiger partial charge in [0.25, 0.3) is 0 Å². The molecule has 9 aliphatic rings. The second-order valence-corrected chi connectivity index (χ2v) is 10.9. The van der Waals surface area contributed by atoms with E-state index < -0.39 is 0 Å². The van der Waals surface area contributed by atoms with E-state index in [1.54, 1.807) is 38.5 Å². The minimum Gasteiger partial charge on any atom is -0.358 e. The van der Waals surface area contributed by atoms with Crippen LogP contribution in [0, 0.1) is 47.3 Å². The summed E-state index contributed by atoms with van der Waals surface area (Å²) in [6.45, 7) is 1.95. The average Bonchev–Trinajstić information content (AvgIpc) is 3.02. The molecule has 0 atom stereocenters. The molecule has 0 unspecified atom stereocenters. The summed E-state index contributed by atoms with van der Waals surface area (Å²) in [5, 5.41) is 3.42. The molecule has 0 aromatic rings. The fraction of sp³-hybridized carbons (Fsp3) is 1.00. The van der Waals surface area contributed by atoms with Crippen molar-refractivity contribution in [1.29, 1.82) is 0 Å². The van der Waals surface area contributed by atoms with Gasteiger partial charge in [-0.1, -0.05) is 0 Å². The second-order valence-electron chi connectivity index (χ2n) is 10.9. The van der Waals surface area contributed by atoms with E-state index in [-0.39, 0.29) is 5.60 Å². The molecule has 0 amide bonds. The lowest BCUT2D eigenvalue weighted by atomic mass is 9.50. The highest BCUT2D eigenvalue weighted by Crippen LogP contribution is 2.60. The minimum atomic E-state index is 0.285. The van der Waals surface area contributed by atoms with Gasteiger partial charge in [-0.3, -0.25) is 5.32 Å². The molecule has 1 N–H and O–H groups in total. The van der Waals surface area contributed by atoms with Gasteiger partial charge in [-0.2, -0.15) is 0 Å². The molecule has 8 aliphatic carbocycles. The van der Waals surface area contributed by atoms with Crippen LogP contribution in [-0.2, 0) is 4.74 Å². The molecule has 8 bridgehead atoms. The molecule has 9 fully saturated rings. The van der Waals surface area contributed by atoms with Gasteiger partial charge in [0.1, 0.15) is 0 Å². The van der Waals surface area contributed by atoms with Gasteiger partial charge >= 0.3 is 0 Å². The van der Waals surface area contributed by atoms with Gasteiger partial charge in [0.05, 0.1) is 12.3 Å². The van der Waals surface area contributed by atoms with Gasteiger partial charge in [-0.25, -0.2) is 0 Å². The monoisotopic (exact) mass is 329 g/mol. The summed E-state index contributed by atoms with van der Waals surface area (Å²) in [6.07, 6.45) is 17.0. The molecule has 0 aromatic carbocycles. The molecule has 24 heavy (non-hydrogen) atoms. The van der Waals surface area contributed by atoms with Crippen molar-refractivity contribution < 1.29 is 4.74 Å². The van der Waals surface area contributed by atoms with E-state index >= 15 is 0 Å². The van der Waals surface area contributed by atoms with E-state index in [1.165, 1.54) is 55.8 Å². The summed E-state index contributed by atoms with van der Waals surface area (Å²) in [6, 6.07) is 0. The minimum absolute atomic E-state index is 0.285. The number of ether oxygens (including phenoxy) is 1. The number of nitrogens with one attached hydrogen (secondary N) is 1. The molecule has 8 saturated carbocycles. The van der Waals surface area contributed by atoms with Gasteiger partial charge in [-0.15, -0.1) is 0 Å². The zero-order chi connectivity index (χ0) is 15.7. The fourth-order valence-corrected chi connectivity index (χ4v) is 8.97. The van der Waals surface area contributed by atoms with Crippen molar-refractivity contribution in [2.45, 2.75) is 76.2 Å². The predicted molar refractivity (Wildman–Crippen MR) is 95.4 cm³/mol. The van der Waals surface area contributed by atoms with E-state index in [4.69, 9.17) is 4.74 Å². The first-order chi connectivity index (χ1) is 11.8. The Labute approximate surface area is 147 Å². The topological polar surface area (TPSA) is 21.3 Å². The van der Waals surface area contributed by atoms with Gasteiger partial charge in [0.2, 0.25) is 0 Å². The zero-order valence-corrected chi connectivity index (χ0v) is 15.2. The predicted octanol–water partition coefficient (Wildman–Crippen LogP) is 4.59. The van der Waals surface area contributed by atoms with Crippen LogP contribution in [0.5, 0.6) is 0 Å². The van der Waals surface area contributed by atoms with E-state index in [9.17, 15) is 0 Å². The van der Waals surface area contributed by atoms with Crippen LogP contribution in [0.2, 0.25) is 0 Å². The van der Waals surface area contributed by atoms with Crippen LogP contribution < -0.4 is 5.32 Å². The molecular weight excluding hydrogens is 294 g/mol. The Morgan fingerprint density at radius 3 is 1.25 bits per heavy atom. The van der Waals surface area contributed by atoms with Gasteiger partial charge in [0.15, 0.2) is 0 Å². The standard InChI is InChI=1S/C12H19NO.C10H16/c1-8-2-10-4-9(1)5-11(3-8)12(10)6-13-7-14-12;1-7-2-9-4-8(1)5-10(3-7)6-9/h8-11,13H,1-7H2;7-10H,1-6H2. The Balaban J connectivity index is 0.000000106. The molecule has 2 nitrogen and oxygen atoms in total. The first-order valence-corrected chi connectivity index (χ1v) is 11.1. The maximum absolute atomic E-state index is 6.11. The third-order valence-corrected chi connectivity index (χ3v) is 9.36. The van der Waals surface area contributed by atoms with Crippen molar-refractivity contribution in [1.82, 2.24) is 5.32 Å². The SMILES string of the molecule is C1C2CC3CC1CC(C2)C3.C1NCC2(O1)C1CC3CC(C1)CC2C3. The molecule has 1 aliphatic heterocycles. The lowest BCUT2D eigenvalue weighted by Gasteiger charge is -2.59. The third kappa shape index (κ3) is 2.28. The largest absolute Gasteiger partial charge is 0.358 e. The quantitative estimate of drug-likeness (QED) is 0.702. The Morgan fingerprint density at radius 1 is 0.542 bits per heavy atom. The van der Waals surface area contributed by atoms with E-state index in [0.29, 0.717) is 0 Å². The first kappa shape index (κ1) is 15.0. The van der Waals surface area contributed by atoms with Crippen molar-refractivity contribution in [3.8, 4) is 0 Å². The molecule has 9 rings (SSSR count). The van der Waals surface area contributed by atoms with Crippen LogP contribution in [0.15, 0.2) is 0 Å².